The standard InChI is InChI=1S/C17H40N8.H2O4S/c18-16(19)24-14-7-3-1-5-10-22-12-9-13-23-11-6-2-4-8-15-25-17(20)21;1-5(2,3)4/h22-23H,1-15H2,(H4,18,19,24)(H4,20,21,25);(H2,1,2,3,4). The average molecular weight is 455 g/mol. The topological polar surface area (TPSA) is 225 Å². The molecule has 13 heteroatoms. The Morgan fingerprint density at radius 1 is 0.733 bits per heavy atom. The summed E-state index contributed by atoms with van der Waals surface area (Å²) in [5, 5.41) is 16.8. The molecule has 0 fully saturated rings. The van der Waals surface area contributed by atoms with Crippen molar-refractivity contribution in [3.8, 4) is 0 Å². The molecule has 0 aromatic carbocycles. The summed E-state index contributed by atoms with van der Waals surface area (Å²) in [6, 6.07) is 0. The van der Waals surface area contributed by atoms with Crippen molar-refractivity contribution >= 4 is 22.3 Å². The fourth-order valence-electron chi connectivity index (χ4n) is 2.46. The van der Waals surface area contributed by atoms with E-state index in [1.165, 1.54) is 44.9 Å². The molecule has 0 aliphatic rings. The molecule has 0 aliphatic carbocycles. The molecule has 0 heterocycles. The first-order chi connectivity index (χ1) is 14.1. The van der Waals surface area contributed by atoms with E-state index < -0.39 is 10.4 Å². The van der Waals surface area contributed by atoms with Crippen molar-refractivity contribution in [2.45, 2.75) is 57.8 Å². The van der Waals surface area contributed by atoms with Gasteiger partial charge in [-0.25, -0.2) is 0 Å². The third-order valence-electron chi connectivity index (χ3n) is 3.86. The highest BCUT2D eigenvalue weighted by atomic mass is 32.3. The van der Waals surface area contributed by atoms with Crippen molar-refractivity contribution < 1.29 is 17.5 Å². The van der Waals surface area contributed by atoms with E-state index in [0.29, 0.717) is 0 Å². The van der Waals surface area contributed by atoms with Gasteiger partial charge in [-0.1, -0.05) is 25.7 Å². The lowest BCUT2D eigenvalue weighted by molar-refractivity contribution is 0.381. The summed E-state index contributed by atoms with van der Waals surface area (Å²) in [6.45, 7) is 5.91. The smallest absolute Gasteiger partial charge is 0.370 e. The molecule has 0 saturated carbocycles. The maximum absolute atomic E-state index is 8.74. The molecule has 0 aliphatic heterocycles. The molecule has 0 spiro atoms. The van der Waals surface area contributed by atoms with E-state index in [4.69, 9.17) is 40.1 Å². The van der Waals surface area contributed by atoms with Crippen LogP contribution in [0.2, 0.25) is 0 Å². The van der Waals surface area contributed by atoms with Crippen LogP contribution in [0.15, 0.2) is 4.99 Å². The Hall–Kier alpha value is -1.67. The normalized spacial score (nSPS) is 10.7. The minimum absolute atomic E-state index is 0.0677. The molecule has 12 nitrogen and oxygen atoms in total. The summed E-state index contributed by atoms with van der Waals surface area (Å²) in [5.41, 5.74) is 15.8. The molecule has 30 heavy (non-hydrogen) atoms. The summed E-state index contributed by atoms with van der Waals surface area (Å²) < 4.78 is 31.6. The van der Waals surface area contributed by atoms with Crippen molar-refractivity contribution in [1.29, 1.82) is 5.41 Å². The van der Waals surface area contributed by atoms with Crippen molar-refractivity contribution in [1.82, 2.24) is 16.0 Å². The van der Waals surface area contributed by atoms with E-state index in [-0.39, 0.29) is 11.9 Å². The Morgan fingerprint density at radius 2 is 1.13 bits per heavy atom. The van der Waals surface area contributed by atoms with E-state index in [2.05, 4.69) is 20.9 Å². The number of nitrogens with one attached hydrogen (secondary N) is 4. The van der Waals surface area contributed by atoms with Crippen LogP contribution < -0.4 is 33.2 Å². The highest BCUT2D eigenvalue weighted by Crippen LogP contribution is 1.99. The summed E-state index contributed by atoms with van der Waals surface area (Å²) in [6.07, 6.45) is 10.6. The van der Waals surface area contributed by atoms with Gasteiger partial charge in [0.25, 0.3) is 0 Å². The maximum atomic E-state index is 8.74. The van der Waals surface area contributed by atoms with Gasteiger partial charge < -0.3 is 33.2 Å². The van der Waals surface area contributed by atoms with Crippen molar-refractivity contribution in [3.63, 3.8) is 0 Å². The molecule has 12 N–H and O–H groups in total. The molecular formula is C17H42N8O4S. The second kappa shape index (κ2) is 22.0. The minimum Gasteiger partial charge on any atom is -0.370 e. The first-order valence-corrected chi connectivity index (χ1v) is 11.8. The van der Waals surface area contributed by atoms with Gasteiger partial charge in [0.1, 0.15) is 0 Å². The van der Waals surface area contributed by atoms with Crippen LogP contribution in [0.3, 0.4) is 0 Å². The molecule has 0 rings (SSSR count). The number of aliphatic imine (C=N–C) groups is 1. The SMILES string of the molecule is N=C(N)NCCCCCCNCCCNCCCCCCN=C(N)N.O=S(=O)(O)O. The van der Waals surface area contributed by atoms with Crippen LogP contribution in [0.25, 0.3) is 0 Å². The monoisotopic (exact) mass is 454 g/mol. The summed E-state index contributed by atoms with van der Waals surface area (Å²) in [5.74, 6) is 0.260. The largest absolute Gasteiger partial charge is 0.394 e. The number of nitrogens with two attached hydrogens (primary N) is 3. The lowest BCUT2D eigenvalue weighted by atomic mass is 10.2. The molecule has 0 amide bonds. The molecule has 0 bridgehead atoms. The van der Waals surface area contributed by atoms with Gasteiger partial charge >= 0.3 is 10.4 Å². The van der Waals surface area contributed by atoms with Crippen molar-refractivity contribution in [2.24, 2.45) is 22.2 Å². The van der Waals surface area contributed by atoms with Crippen LogP contribution in [-0.2, 0) is 10.4 Å². The maximum Gasteiger partial charge on any atom is 0.394 e. The lowest BCUT2D eigenvalue weighted by Gasteiger charge is -2.07. The predicted molar refractivity (Wildman–Crippen MR) is 122 cm³/mol. The number of hydrogen-bond donors (Lipinski definition) is 9. The van der Waals surface area contributed by atoms with E-state index in [1.54, 1.807) is 0 Å². The van der Waals surface area contributed by atoms with Crippen LogP contribution in [0.1, 0.15) is 57.8 Å². The van der Waals surface area contributed by atoms with Gasteiger partial charge in [-0.3, -0.25) is 19.5 Å². The molecule has 0 aromatic heterocycles. The van der Waals surface area contributed by atoms with Crippen LogP contribution in [-0.4, -0.2) is 68.7 Å². The third-order valence-corrected chi connectivity index (χ3v) is 3.86. The van der Waals surface area contributed by atoms with Gasteiger partial charge in [0.15, 0.2) is 11.9 Å². The van der Waals surface area contributed by atoms with Gasteiger partial charge in [0.05, 0.1) is 0 Å². The van der Waals surface area contributed by atoms with Gasteiger partial charge in [-0.05, 0) is 58.3 Å². The van der Waals surface area contributed by atoms with Gasteiger partial charge in [-0.2, -0.15) is 8.42 Å². The lowest BCUT2D eigenvalue weighted by Crippen LogP contribution is -2.30. The second-order valence-corrected chi connectivity index (χ2v) is 7.67. The zero-order chi connectivity index (χ0) is 23.1. The Bertz CT molecular complexity index is 520. The number of nitrogens with zero attached hydrogens (tertiary/aromatic N) is 1. The molecule has 180 valence electrons. The Balaban J connectivity index is 0. The zero-order valence-electron chi connectivity index (χ0n) is 17.9. The third kappa shape index (κ3) is 40.9. The molecular weight excluding hydrogens is 412 g/mol. The second-order valence-electron chi connectivity index (χ2n) is 6.78. The van der Waals surface area contributed by atoms with E-state index >= 15 is 0 Å². The summed E-state index contributed by atoms with van der Waals surface area (Å²) in [4.78, 5) is 3.97. The van der Waals surface area contributed by atoms with E-state index in [9.17, 15) is 0 Å². The van der Waals surface area contributed by atoms with E-state index in [0.717, 1.165) is 52.1 Å². The summed E-state index contributed by atoms with van der Waals surface area (Å²) in [7, 11) is -4.67. The molecule has 0 aromatic rings. The number of rotatable bonds is 18. The fraction of sp³-hybridized carbons (Fsp3) is 0.882. The number of hydrogen-bond acceptors (Lipinski definition) is 6. The Morgan fingerprint density at radius 3 is 1.57 bits per heavy atom. The van der Waals surface area contributed by atoms with Crippen molar-refractivity contribution in [2.75, 3.05) is 39.3 Å². The molecule has 0 radical (unpaired) electrons. The van der Waals surface area contributed by atoms with Crippen LogP contribution in [0.5, 0.6) is 0 Å². The summed E-state index contributed by atoms with van der Waals surface area (Å²) >= 11 is 0. The molecule has 0 unspecified atom stereocenters. The van der Waals surface area contributed by atoms with Crippen molar-refractivity contribution in [3.05, 3.63) is 0 Å². The van der Waals surface area contributed by atoms with Crippen LogP contribution in [0.4, 0.5) is 0 Å². The zero-order valence-corrected chi connectivity index (χ0v) is 18.7. The first kappa shape index (κ1) is 30.5. The highest BCUT2D eigenvalue weighted by Gasteiger charge is 1.93. The van der Waals surface area contributed by atoms with Crippen LogP contribution in [0, 0.1) is 5.41 Å². The van der Waals surface area contributed by atoms with E-state index in [1.807, 2.05) is 0 Å². The van der Waals surface area contributed by atoms with Gasteiger partial charge in [0.2, 0.25) is 0 Å². The Kier molecular flexibility index (Phi) is 22.4. The minimum atomic E-state index is -4.67. The molecule has 0 atom stereocenters. The highest BCUT2D eigenvalue weighted by molar-refractivity contribution is 7.79. The average Bonchev–Trinajstić information content (AvgIpc) is 2.61. The van der Waals surface area contributed by atoms with Gasteiger partial charge in [-0.15, -0.1) is 0 Å². The van der Waals surface area contributed by atoms with Crippen LogP contribution >= 0.6 is 0 Å². The fourth-order valence-corrected chi connectivity index (χ4v) is 2.46. The predicted octanol–water partition coefficient (Wildman–Crippen LogP) is -0.220. The number of guanidine groups is 2. The first-order valence-electron chi connectivity index (χ1n) is 10.4. The molecule has 0 saturated heterocycles. The quantitative estimate of drug-likeness (QED) is 0.0572. The van der Waals surface area contributed by atoms with Gasteiger partial charge in [0, 0.05) is 13.1 Å². The Labute approximate surface area is 180 Å². The number of unbranched alkanes of at least 4 members (excludes halogenated alkanes) is 6.